The van der Waals surface area contributed by atoms with Crippen molar-refractivity contribution < 1.29 is 22.7 Å². The molecule has 3 aromatic rings. The van der Waals surface area contributed by atoms with Gasteiger partial charge in [0.2, 0.25) is 15.9 Å². The molecule has 1 aliphatic rings. The number of halogens is 1. The second-order valence-electron chi connectivity index (χ2n) is 8.99. The van der Waals surface area contributed by atoms with Gasteiger partial charge in [-0.1, -0.05) is 54.1 Å². The number of sulfonamides is 1. The van der Waals surface area contributed by atoms with Crippen LogP contribution in [-0.2, 0) is 32.5 Å². The summed E-state index contributed by atoms with van der Waals surface area (Å²) in [6.45, 7) is 0.987. The molecule has 1 aliphatic heterocycles. The molecule has 1 heterocycles. The summed E-state index contributed by atoms with van der Waals surface area (Å²) >= 11 is 6.00. The van der Waals surface area contributed by atoms with E-state index in [1.54, 1.807) is 41.3 Å². The van der Waals surface area contributed by atoms with E-state index in [2.05, 4.69) is 0 Å². The minimum atomic E-state index is -3.91. The van der Waals surface area contributed by atoms with Crippen molar-refractivity contribution in [3.8, 4) is 0 Å². The molecule has 3 aromatic carbocycles. The Morgan fingerprint density at radius 1 is 0.973 bits per heavy atom. The van der Waals surface area contributed by atoms with E-state index in [9.17, 15) is 18.0 Å². The monoisotopic (exact) mass is 540 g/mol. The quantitative estimate of drug-likeness (QED) is 0.391. The van der Waals surface area contributed by atoms with E-state index in [4.69, 9.17) is 16.3 Å². The van der Waals surface area contributed by atoms with Gasteiger partial charge >= 0.3 is 5.97 Å². The van der Waals surface area contributed by atoms with E-state index in [0.717, 1.165) is 11.1 Å². The van der Waals surface area contributed by atoms with E-state index in [1.807, 2.05) is 30.3 Å². The molecule has 9 heteroatoms. The number of benzene rings is 3. The van der Waals surface area contributed by atoms with Crippen molar-refractivity contribution in [2.24, 2.45) is 0 Å². The van der Waals surface area contributed by atoms with Crippen LogP contribution in [0.3, 0.4) is 0 Å². The van der Waals surface area contributed by atoms with Crippen molar-refractivity contribution in [1.29, 1.82) is 0 Å². The predicted octanol–water partition coefficient (Wildman–Crippen LogP) is 4.55. The fourth-order valence-corrected chi connectivity index (χ4v) is 6.26. The van der Waals surface area contributed by atoms with Crippen molar-refractivity contribution in [2.45, 2.75) is 36.7 Å². The van der Waals surface area contributed by atoms with Gasteiger partial charge in [-0.05, 0) is 60.4 Å². The van der Waals surface area contributed by atoms with Crippen LogP contribution in [-0.4, -0.2) is 55.7 Å². The van der Waals surface area contributed by atoms with Crippen LogP contribution in [0.15, 0.2) is 83.8 Å². The van der Waals surface area contributed by atoms with E-state index in [-0.39, 0.29) is 23.8 Å². The average molecular weight is 541 g/mol. The summed E-state index contributed by atoms with van der Waals surface area (Å²) in [7, 11) is -2.60. The number of amides is 1. The fourth-order valence-electron chi connectivity index (χ4n) is 4.49. The lowest BCUT2D eigenvalue weighted by molar-refractivity contribution is -0.132. The van der Waals surface area contributed by atoms with Crippen LogP contribution in [0.25, 0.3) is 0 Å². The van der Waals surface area contributed by atoms with Crippen LogP contribution < -0.4 is 0 Å². The standard InChI is InChI=1S/C28H29ClN2O5S/c1-36-28(33)23-11-9-22(10-12-23)19-31(37(34,35)26-15-13-24(29)14-16-26)25-8-5-17-30(20-25)27(32)18-21-6-3-2-4-7-21/h2-4,6-7,9-16,25H,5,8,17-20H2,1H3. The Morgan fingerprint density at radius 3 is 2.30 bits per heavy atom. The summed E-state index contributed by atoms with van der Waals surface area (Å²) in [5.41, 5.74) is 2.03. The van der Waals surface area contributed by atoms with Gasteiger partial charge in [0.25, 0.3) is 0 Å². The lowest BCUT2D eigenvalue weighted by atomic mass is 10.0. The van der Waals surface area contributed by atoms with Gasteiger partial charge in [0.1, 0.15) is 0 Å². The summed E-state index contributed by atoms with van der Waals surface area (Å²) in [5.74, 6) is -0.487. The number of hydrogen-bond donors (Lipinski definition) is 0. The molecule has 37 heavy (non-hydrogen) atoms. The van der Waals surface area contributed by atoms with E-state index < -0.39 is 22.0 Å². The van der Waals surface area contributed by atoms with Crippen LogP contribution in [0, 0.1) is 0 Å². The first-order chi connectivity index (χ1) is 17.8. The first-order valence-electron chi connectivity index (χ1n) is 12.0. The normalized spacial score (nSPS) is 16.0. The highest BCUT2D eigenvalue weighted by Crippen LogP contribution is 2.27. The molecule has 0 spiro atoms. The number of carbonyl (C=O) groups excluding carboxylic acids is 2. The number of rotatable bonds is 8. The highest BCUT2D eigenvalue weighted by Gasteiger charge is 2.35. The molecule has 0 bridgehead atoms. The Bertz CT molecular complexity index is 1330. The number of nitrogens with zero attached hydrogens (tertiary/aromatic N) is 2. The number of piperidine rings is 1. The van der Waals surface area contributed by atoms with E-state index >= 15 is 0 Å². The number of methoxy groups -OCH3 is 1. The van der Waals surface area contributed by atoms with E-state index in [1.165, 1.54) is 23.5 Å². The summed E-state index contributed by atoms with van der Waals surface area (Å²) in [5, 5.41) is 0.444. The van der Waals surface area contributed by atoms with Gasteiger partial charge in [0.05, 0.1) is 24.0 Å². The molecule has 1 amide bonds. The zero-order valence-electron chi connectivity index (χ0n) is 20.5. The van der Waals surface area contributed by atoms with Crippen molar-refractivity contribution in [3.63, 3.8) is 0 Å². The average Bonchev–Trinajstić information content (AvgIpc) is 2.92. The SMILES string of the molecule is COC(=O)c1ccc(CN(C2CCCN(C(=O)Cc3ccccc3)C2)S(=O)(=O)c2ccc(Cl)cc2)cc1. The first kappa shape index (κ1) is 26.9. The summed E-state index contributed by atoms with van der Waals surface area (Å²) < 4.78 is 33.9. The third-order valence-electron chi connectivity index (χ3n) is 6.49. The van der Waals surface area contributed by atoms with Gasteiger partial charge in [-0.3, -0.25) is 4.79 Å². The topological polar surface area (TPSA) is 84.0 Å². The summed E-state index contributed by atoms with van der Waals surface area (Å²) in [6, 6.07) is 21.9. The van der Waals surface area contributed by atoms with Crippen molar-refractivity contribution in [1.82, 2.24) is 9.21 Å². The van der Waals surface area contributed by atoms with Crippen LogP contribution >= 0.6 is 11.6 Å². The third kappa shape index (κ3) is 6.57. The van der Waals surface area contributed by atoms with Gasteiger partial charge < -0.3 is 9.64 Å². The molecule has 1 fully saturated rings. The maximum atomic E-state index is 13.8. The van der Waals surface area contributed by atoms with Crippen LogP contribution in [0.5, 0.6) is 0 Å². The number of esters is 1. The minimum absolute atomic E-state index is 0.0258. The smallest absolute Gasteiger partial charge is 0.337 e. The van der Waals surface area contributed by atoms with Gasteiger partial charge in [-0.15, -0.1) is 0 Å². The molecule has 0 N–H and O–H groups in total. The molecular weight excluding hydrogens is 512 g/mol. The zero-order chi connectivity index (χ0) is 26.4. The maximum Gasteiger partial charge on any atom is 0.337 e. The molecule has 1 saturated heterocycles. The largest absolute Gasteiger partial charge is 0.465 e. The molecule has 0 aromatic heterocycles. The second kappa shape index (κ2) is 11.9. The number of hydrogen-bond acceptors (Lipinski definition) is 5. The Labute approximate surface area is 222 Å². The molecule has 4 rings (SSSR count). The predicted molar refractivity (Wildman–Crippen MR) is 142 cm³/mol. The minimum Gasteiger partial charge on any atom is -0.465 e. The molecule has 7 nitrogen and oxygen atoms in total. The Balaban J connectivity index is 1.60. The number of ether oxygens (including phenoxy) is 1. The molecule has 1 unspecified atom stereocenters. The third-order valence-corrected chi connectivity index (χ3v) is 8.65. The number of likely N-dealkylation sites (tertiary alicyclic amines) is 1. The maximum absolute atomic E-state index is 13.8. The van der Waals surface area contributed by atoms with E-state index in [0.29, 0.717) is 36.5 Å². The number of carbonyl (C=O) groups is 2. The van der Waals surface area contributed by atoms with Gasteiger partial charge in [0.15, 0.2) is 0 Å². The molecule has 0 radical (unpaired) electrons. The second-order valence-corrected chi connectivity index (χ2v) is 11.3. The molecule has 0 saturated carbocycles. The van der Waals surface area contributed by atoms with Gasteiger partial charge in [-0.25, -0.2) is 13.2 Å². The Hall–Kier alpha value is -3.20. The van der Waals surface area contributed by atoms with Gasteiger partial charge in [0, 0.05) is 30.7 Å². The van der Waals surface area contributed by atoms with Crippen molar-refractivity contribution in [2.75, 3.05) is 20.2 Å². The Kier molecular flexibility index (Phi) is 8.63. The molecule has 194 valence electrons. The lowest BCUT2D eigenvalue weighted by Crippen LogP contribution is -2.51. The summed E-state index contributed by atoms with van der Waals surface area (Å²) in [6.07, 6.45) is 1.59. The molecular formula is C28H29ClN2O5S. The van der Waals surface area contributed by atoms with Crippen LogP contribution in [0.4, 0.5) is 0 Å². The Morgan fingerprint density at radius 2 is 1.65 bits per heavy atom. The lowest BCUT2D eigenvalue weighted by Gasteiger charge is -2.39. The first-order valence-corrected chi connectivity index (χ1v) is 13.9. The van der Waals surface area contributed by atoms with Crippen LogP contribution in [0.2, 0.25) is 5.02 Å². The van der Waals surface area contributed by atoms with Gasteiger partial charge in [-0.2, -0.15) is 4.31 Å². The van der Waals surface area contributed by atoms with Crippen molar-refractivity contribution in [3.05, 3.63) is 101 Å². The summed E-state index contributed by atoms with van der Waals surface area (Å²) in [4.78, 5) is 26.8. The molecule has 1 atom stereocenters. The highest BCUT2D eigenvalue weighted by atomic mass is 35.5. The van der Waals surface area contributed by atoms with Crippen LogP contribution in [0.1, 0.15) is 34.3 Å². The fraction of sp³-hybridized carbons (Fsp3) is 0.286. The molecule has 0 aliphatic carbocycles. The zero-order valence-corrected chi connectivity index (χ0v) is 22.1. The highest BCUT2D eigenvalue weighted by molar-refractivity contribution is 7.89. The van der Waals surface area contributed by atoms with Crippen molar-refractivity contribution >= 4 is 33.5 Å².